The summed E-state index contributed by atoms with van der Waals surface area (Å²) in [6.07, 6.45) is 24.8. The van der Waals surface area contributed by atoms with Crippen molar-refractivity contribution in [3.8, 4) is 40.1 Å². The molecule has 9 heteroatoms. The highest BCUT2D eigenvalue weighted by molar-refractivity contribution is 5.89. The van der Waals surface area contributed by atoms with E-state index in [9.17, 15) is 29.7 Å². The zero-order valence-electron chi connectivity index (χ0n) is 34.8. The van der Waals surface area contributed by atoms with Crippen LogP contribution in [0, 0.1) is 11.8 Å². The van der Waals surface area contributed by atoms with Gasteiger partial charge in [-0.3, -0.25) is 14.4 Å². The van der Waals surface area contributed by atoms with Crippen LogP contribution < -0.4 is 14.9 Å². The normalized spacial score (nSPS) is 12.5. The number of carbonyl (C=O) groups is 2. The van der Waals surface area contributed by atoms with E-state index in [0.717, 1.165) is 109 Å². The van der Waals surface area contributed by atoms with Crippen LogP contribution in [0.5, 0.6) is 28.7 Å². The van der Waals surface area contributed by atoms with Crippen molar-refractivity contribution < 1.29 is 38.8 Å². The lowest BCUT2D eigenvalue weighted by atomic mass is 9.94. The van der Waals surface area contributed by atoms with E-state index in [-0.39, 0.29) is 63.3 Å². The van der Waals surface area contributed by atoms with Crippen molar-refractivity contribution in [1.82, 2.24) is 0 Å². The largest absolute Gasteiger partial charge is 0.507 e. The Morgan fingerprint density at radius 1 is 0.571 bits per heavy atom. The maximum Gasteiger partial charge on any atom is 0.314 e. The molecule has 56 heavy (non-hydrogen) atoms. The van der Waals surface area contributed by atoms with Crippen LogP contribution in [-0.4, -0.2) is 27.3 Å². The van der Waals surface area contributed by atoms with Crippen molar-refractivity contribution in [2.75, 3.05) is 0 Å². The van der Waals surface area contributed by atoms with E-state index in [0.29, 0.717) is 6.42 Å². The van der Waals surface area contributed by atoms with E-state index in [1.54, 1.807) is 0 Å². The van der Waals surface area contributed by atoms with Crippen molar-refractivity contribution in [2.24, 2.45) is 11.8 Å². The number of rotatable bonds is 29. The number of ether oxygens (including phenoxy) is 2. The lowest BCUT2D eigenvalue weighted by molar-refractivity contribution is -0.140. The molecule has 0 saturated carbocycles. The fourth-order valence-electron chi connectivity index (χ4n) is 7.39. The molecule has 0 aliphatic rings. The van der Waals surface area contributed by atoms with Crippen LogP contribution in [0.4, 0.5) is 0 Å². The van der Waals surface area contributed by atoms with Gasteiger partial charge in [0.25, 0.3) is 0 Å². The van der Waals surface area contributed by atoms with Crippen LogP contribution in [0.1, 0.15) is 182 Å². The zero-order chi connectivity index (χ0) is 40.7. The van der Waals surface area contributed by atoms with Gasteiger partial charge in [-0.2, -0.15) is 0 Å². The first-order chi connectivity index (χ1) is 27.1. The number of hydrogen-bond donors (Lipinski definition) is 3. The lowest BCUT2D eigenvalue weighted by Gasteiger charge is -2.17. The maximum absolute atomic E-state index is 13.5. The van der Waals surface area contributed by atoms with E-state index in [1.807, 2.05) is 0 Å². The molecule has 0 aliphatic heterocycles. The molecule has 2 atom stereocenters. The molecule has 0 bridgehead atoms. The van der Waals surface area contributed by atoms with Crippen molar-refractivity contribution in [3.63, 3.8) is 0 Å². The fraction of sp³-hybridized carbons (Fsp3) is 0.638. The van der Waals surface area contributed by atoms with E-state index < -0.39 is 16.9 Å². The highest BCUT2D eigenvalue weighted by Crippen LogP contribution is 2.39. The molecule has 312 valence electrons. The Bertz CT molecular complexity index is 1680. The van der Waals surface area contributed by atoms with Crippen LogP contribution in [0.2, 0.25) is 0 Å². The predicted molar refractivity (Wildman–Crippen MR) is 225 cm³/mol. The Balaban J connectivity index is 1.80. The summed E-state index contributed by atoms with van der Waals surface area (Å²) in [4.78, 5) is 40.1. The Hall–Kier alpha value is -4.01. The monoisotopic (exact) mass is 779 g/mol. The molecule has 9 nitrogen and oxygen atoms in total. The zero-order valence-corrected chi connectivity index (χ0v) is 34.8. The Morgan fingerprint density at radius 2 is 1.02 bits per heavy atom. The number of benzene rings is 2. The minimum Gasteiger partial charge on any atom is -0.507 e. The topological polar surface area (TPSA) is 144 Å². The van der Waals surface area contributed by atoms with Crippen LogP contribution in [-0.2, 0) is 9.59 Å². The predicted octanol–water partition coefficient (Wildman–Crippen LogP) is 13.1. The minimum atomic E-state index is -0.885. The highest BCUT2D eigenvalue weighted by Gasteiger charge is 2.25. The third-order valence-corrected chi connectivity index (χ3v) is 10.9. The summed E-state index contributed by atoms with van der Waals surface area (Å²) in [6.45, 7) is 8.68. The first-order valence-corrected chi connectivity index (χ1v) is 21.9. The van der Waals surface area contributed by atoms with Gasteiger partial charge in [0.2, 0.25) is 11.2 Å². The number of fused-ring (bicyclic) bond motifs is 1. The van der Waals surface area contributed by atoms with Crippen molar-refractivity contribution in [2.45, 2.75) is 182 Å². The second-order valence-corrected chi connectivity index (χ2v) is 15.7. The third kappa shape index (κ3) is 15.2. The van der Waals surface area contributed by atoms with Crippen LogP contribution in [0.25, 0.3) is 22.3 Å². The molecule has 0 saturated heterocycles. The molecule has 0 spiro atoms. The molecule has 2 unspecified atom stereocenters. The maximum atomic E-state index is 13.5. The third-order valence-electron chi connectivity index (χ3n) is 10.9. The SMILES string of the molecule is CCCCCCCCC(CCCCCC)C(=O)Oc1cc(O)c2c(=O)c(O)c(-c3ccc(OC(=O)C(CCCCCC)CCCCCCCC)c(O)c3)oc2c1. The summed E-state index contributed by atoms with van der Waals surface area (Å²) in [5.74, 6) is -3.22. The highest BCUT2D eigenvalue weighted by atomic mass is 16.5. The van der Waals surface area contributed by atoms with Gasteiger partial charge in [-0.05, 0) is 43.9 Å². The van der Waals surface area contributed by atoms with Gasteiger partial charge in [-0.15, -0.1) is 0 Å². The van der Waals surface area contributed by atoms with Gasteiger partial charge in [-0.25, -0.2) is 0 Å². The van der Waals surface area contributed by atoms with Crippen LogP contribution >= 0.6 is 0 Å². The Kier molecular flexibility index (Phi) is 21.5. The molecule has 0 fully saturated rings. The van der Waals surface area contributed by atoms with Gasteiger partial charge in [-0.1, -0.05) is 156 Å². The number of aromatic hydroxyl groups is 3. The standard InChI is InChI=1S/C47H70O9/c1-5-9-13-17-19-23-27-34(25-21-15-11-7-3)46(52)54-37-32-39(49)42-41(33-37)55-45(44(51)43(42)50)36-29-30-40(38(48)31-36)56-47(53)35(26-22-16-12-8-4)28-24-20-18-14-10-6-2/h29-35,48-49,51H,5-28H2,1-4H3. The number of phenols is 2. The average molecular weight is 779 g/mol. The second-order valence-electron chi connectivity index (χ2n) is 15.7. The molecule has 0 radical (unpaired) electrons. The number of hydrogen-bond acceptors (Lipinski definition) is 9. The lowest BCUT2D eigenvalue weighted by Crippen LogP contribution is -2.21. The number of phenolic OH excluding ortho intramolecular Hbond substituents is 2. The van der Waals surface area contributed by atoms with Gasteiger partial charge < -0.3 is 29.2 Å². The van der Waals surface area contributed by atoms with Crippen molar-refractivity contribution >= 4 is 22.9 Å². The summed E-state index contributed by atoms with van der Waals surface area (Å²) in [6, 6.07) is 6.69. The van der Waals surface area contributed by atoms with Gasteiger partial charge in [0.1, 0.15) is 22.5 Å². The molecule has 3 rings (SSSR count). The quantitative estimate of drug-likeness (QED) is 0.0356. The molecule has 3 N–H and O–H groups in total. The van der Waals surface area contributed by atoms with Gasteiger partial charge in [0, 0.05) is 17.7 Å². The Morgan fingerprint density at radius 3 is 1.50 bits per heavy atom. The van der Waals surface area contributed by atoms with E-state index in [1.165, 1.54) is 68.9 Å². The molecule has 1 heterocycles. The van der Waals surface area contributed by atoms with Crippen LogP contribution in [0.3, 0.4) is 0 Å². The molecular weight excluding hydrogens is 709 g/mol. The molecule has 0 amide bonds. The number of esters is 2. The number of unbranched alkanes of at least 4 members (excludes halogenated alkanes) is 16. The molecule has 2 aromatic carbocycles. The molecular formula is C47H70O9. The second kappa shape index (κ2) is 26.0. The summed E-state index contributed by atoms with van der Waals surface area (Å²) < 4.78 is 17.5. The van der Waals surface area contributed by atoms with Crippen molar-refractivity contribution in [1.29, 1.82) is 0 Å². The van der Waals surface area contributed by atoms with Gasteiger partial charge in [0.15, 0.2) is 17.3 Å². The summed E-state index contributed by atoms with van der Waals surface area (Å²) in [5, 5.41) is 32.5. The van der Waals surface area contributed by atoms with Crippen molar-refractivity contribution in [3.05, 3.63) is 40.6 Å². The molecule has 1 aromatic heterocycles. The smallest absolute Gasteiger partial charge is 0.314 e. The number of carbonyl (C=O) groups excluding carboxylic acids is 2. The summed E-state index contributed by atoms with van der Waals surface area (Å²) in [7, 11) is 0. The van der Waals surface area contributed by atoms with Gasteiger partial charge >= 0.3 is 11.9 Å². The fourth-order valence-corrected chi connectivity index (χ4v) is 7.39. The van der Waals surface area contributed by atoms with E-state index in [2.05, 4.69) is 27.7 Å². The summed E-state index contributed by atoms with van der Waals surface area (Å²) >= 11 is 0. The summed E-state index contributed by atoms with van der Waals surface area (Å²) in [5.41, 5.74) is -0.837. The molecule has 3 aromatic rings. The molecule has 0 aliphatic carbocycles. The van der Waals surface area contributed by atoms with E-state index >= 15 is 0 Å². The van der Waals surface area contributed by atoms with E-state index in [4.69, 9.17) is 13.9 Å². The Labute approximate surface area is 335 Å². The first kappa shape index (κ1) is 46.4. The minimum absolute atomic E-state index is 0.0246. The van der Waals surface area contributed by atoms with Gasteiger partial charge in [0.05, 0.1) is 11.8 Å². The first-order valence-electron chi connectivity index (χ1n) is 21.9. The van der Waals surface area contributed by atoms with Crippen LogP contribution in [0.15, 0.2) is 39.5 Å². The average Bonchev–Trinajstić information content (AvgIpc) is 3.17.